The normalized spacial score (nSPS) is 11.3. The van der Waals surface area contributed by atoms with Gasteiger partial charge < -0.3 is 5.32 Å². The average molecular weight is 327 g/mol. The molecule has 0 fully saturated rings. The number of benzene rings is 1. The van der Waals surface area contributed by atoms with Crippen LogP contribution in [0.15, 0.2) is 52.4 Å². The number of hydrogen-bond acceptors (Lipinski definition) is 4. The van der Waals surface area contributed by atoms with Crippen molar-refractivity contribution in [3.63, 3.8) is 0 Å². The lowest BCUT2D eigenvalue weighted by atomic mass is 10.2. The van der Waals surface area contributed by atoms with Crippen LogP contribution < -0.4 is 10.9 Å². The molecule has 2 heterocycles. The maximum Gasteiger partial charge on any atom is 0.268 e. The number of aryl methyl sites for hydroxylation is 1. The first-order chi connectivity index (χ1) is 11.1. The fourth-order valence-corrected chi connectivity index (χ4v) is 2.50. The second-order valence-corrected chi connectivity index (χ2v) is 5.49. The summed E-state index contributed by atoms with van der Waals surface area (Å²) in [6, 6.07) is 10.9. The Kier molecular flexibility index (Phi) is 4.12. The summed E-state index contributed by atoms with van der Waals surface area (Å²) in [5.41, 5.74) is 2.46. The molecule has 0 aliphatic rings. The molecule has 0 aliphatic carbocycles. The van der Waals surface area contributed by atoms with Gasteiger partial charge in [0.05, 0.1) is 5.69 Å². The molecule has 0 radical (unpaired) electrons. The van der Waals surface area contributed by atoms with E-state index in [4.69, 9.17) is 11.6 Å². The van der Waals surface area contributed by atoms with Crippen LogP contribution in [0.1, 0.15) is 11.1 Å². The van der Waals surface area contributed by atoms with Gasteiger partial charge in [-0.2, -0.15) is 0 Å². The van der Waals surface area contributed by atoms with Crippen LogP contribution in [0.4, 0.5) is 11.5 Å². The largest absolute Gasteiger partial charge is 0.372 e. The van der Waals surface area contributed by atoms with Crippen molar-refractivity contribution >= 4 is 35.0 Å². The zero-order valence-electron chi connectivity index (χ0n) is 12.7. The Morgan fingerprint density at radius 3 is 2.87 bits per heavy atom. The lowest BCUT2D eigenvalue weighted by molar-refractivity contribution is 1.03. The molecule has 23 heavy (non-hydrogen) atoms. The molecule has 0 saturated heterocycles. The second-order valence-electron chi connectivity index (χ2n) is 5.05. The maximum atomic E-state index is 12.7. The molecular formula is C17H15ClN4O. The van der Waals surface area contributed by atoms with Crippen molar-refractivity contribution in [3.8, 4) is 0 Å². The molecule has 116 valence electrons. The van der Waals surface area contributed by atoms with Crippen LogP contribution in [0.3, 0.4) is 0 Å². The SMILES string of the molecule is CNc1nc2c(C)cccn2c(=O)c1C=Nc1cccc(Cl)c1. The molecule has 0 bridgehead atoms. The summed E-state index contributed by atoms with van der Waals surface area (Å²) < 4.78 is 1.52. The average Bonchev–Trinajstić information content (AvgIpc) is 2.54. The molecule has 3 rings (SSSR count). The molecule has 1 aromatic carbocycles. The van der Waals surface area contributed by atoms with Gasteiger partial charge in [0.25, 0.3) is 5.56 Å². The minimum atomic E-state index is -0.172. The van der Waals surface area contributed by atoms with Crippen LogP contribution in [0.2, 0.25) is 5.02 Å². The van der Waals surface area contributed by atoms with Gasteiger partial charge in [0.15, 0.2) is 0 Å². The van der Waals surface area contributed by atoms with Gasteiger partial charge >= 0.3 is 0 Å². The van der Waals surface area contributed by atoms with Crippen LogP contribution >= 0.6 is 11.6 Å². The molecule has 0 saturated carbocycles. The third-order valence-corrected chi connectivity index (χ3v) is 3.71. The highest BCUT2D eigenvalue weighted by Gasteiger charge is 2.11. The topological polar surface area (TPSA) is 58.8 Å². The van der Waals surface area contributed by atoms with Crippen molar-refractivity contribution in [3.05, 3.63) is 69.1 Å². The number of anilines is 1. The van der Waals surface area contributed by atoms with Gasteiger partial charge in [0.2, 0.25) is 0 Å². The highest BCUT2D eigenvalue weighted by Crippen LogP contribution is 2.18. The summed E-state index contributed by atoms with van der Waals surface area (Å²) in [4.78, 5) is 21.6. The molecular weight excluding hydrogens is 312 g/mol. The van der Waals surface area contributed by atoms with Crippen LogP contribution in [-0.4, -0.2) is 22.6 Å². The van der Waals surface area contributed by atoms with E-state index in [0.29, 0.717) is 27.7 Å². The van der Waals surface area contributed by atoms with Crippen LogP contribution in [0.25, 0.3) is 5.65 Å². The fourth-order valence-electron chi connectivity index (χ4n) is 2.31. The molecule has 1 N–H and O–H groups in total. The van der Waals surface area contributed by atoms with Crippen molar-refractivity contribution in [2.75, 3.05) is 12.4 Å². The maximum absolute atomic E-state index is 12.7. The number of pyridine rings is 1. The van der Waals surface area contributed by atoms with E-state index in [0.717, 1.165) is 5.56 Å². The Balaban J connectivity index is 2.17. The Morgan fingerprint density at radius 1 is 1.30 bits per heavy atom. The number of halogens is 1. The number of aromatic nitrogens is 2. The minimum Gasteiger partial charge on any atom is -0.372 e. The van der Waals surface area contributed by atoms with Gasteiger partial charge in [-0.25, -0.2) is 4.98 Å². The van der Waals surface area contributed by atoms with Gasteiger partial charge in [0.1, 0.15) is 17.0 Å². The van der Waals surface area contributed by atoms with E-state index in [9.17, 15) is 4.79 Å². The predicted molar refractivity (Wildman–Crippen MR) is 94.5 cm³/mol. The Hall–Kier alpha value is -2.66. The predicted octanol–water partition coefficient (Wildman–Crippen LogP) is 3.45. The van der Waals surface area contributed by atoms with Crippen molar-refractivity contribution < 1.29 is 0 Å². The molecule has 2 aromatic heterocycles. The van der Waals surface area contributed by atoms with E-state index in [-0.39, 0.29) is 5.56 Å². The van der Waals surface area contributed by atoms with Gasteiger partial charge in [0, 0.05) is 24.5 Å². The smallest absolute Gasteiger partial charge is 0.268 e. The summed E-state index contributed by atoms with van der Waals surface area (Å²) in [7, 11) is 1.73. The van der Waals surface area contributed by atoms with Crippen molar-refractivity contribution in [1.29, 1.82) is 0 Å². The van der Waals surface area contributed by atoms with E-state index in [1.54, 1.807) is 25.4 Å². The van der Waals surface area contributed by atoms with Gasteiger partial charge in [-0.05, 0) is 36.8 Å². The number of fused-ring (bicyclic) bond motifs is 1. The molecule has 3 aromatic rings. The molecule has 0 unspecified atom stereocenters. The first-order valence-corrected chi connectivity index (χ1v) is 7.47. The monoisotopic (exact) mass is 326 g/mol. The van der Waals surface area contributed by atoms with Gasteiger partial charge in [-0.3, -0.25) is 14.2 Å². The summed E-state index contributed by atoms with van der Waals surface area (Å²) in [6.45, 7) is 1.92. The zero-order valence-corrected chi connectivity index (χ0v) is 13.5. The highest BCUT2D eigenvalue weighted by atomic mass is 35.5. The number of nitrogens with one attached hydrogen (secondary N) is 1. The Labute approximate surface area is 138 Å². The van der Waals surface area contributed by atoms with Crippen LogP contribution in [-0.2, 0) is 0 Å². The van der Waals surface area contributed by atoms with Crippen LogP contribution in [0.5, 0.6) is 0 Å². The van der Waals surface area contributed by atoms with Crippen molar-refractivity contribution in [2.24, 2.45) is 4.99 Å². The van der Waals surface area contributed by atoms with E-state index in [1.807, 2.05) is 31.2 Å². The minimum absolute atomic E-state index is 0.172. The fraction of sp³-hybridized carbons (Fsp3) is 0.118. The zero-order chi connectivity index (χ0) is 16.4. The van der Waals surface area contributed by atoms with E-state index in [1.165, 1.54) is 10.6 Å². The number of hydrogen-bond donors (Lipinski definition) is 1. The Morgan fingerprint density at radius 2 is 2.13 bits per heavy atom. The number of nitrogens with zero attached hydrogens (tertiary/aromatic N) is 3. The summed E-state index contributed by atoms with van der Waals surface area (Å²) in [5.74, 6) is 0.495. The van der Waals surface area contributed by atoms with E-state index < -0.39 is 0 Å². The molecule has 0 amide bonds. The highest BCUT2D eigenvalue weighted by molar-refractivity contribution is 6.30. The van der Waals surface area contributed by atoms with Crippen LogP contribution in [0, 0.1) is 6.92 Å². The number of rotatable bonds is 3. The van der Waals surface area contributed by atoms with Crippen molar-refractivity contribution in [2.45, 2.75) is 6.92 Å². The molecule has 5 nitrogen and oxygen atoms in total. The van der Waals surface area contributed by atoms with Gasteiger partial charge in [-0.15, -0.1) is 0 Å². The lowest BCUT2D eigenvalue weighted by Gasteiger charge is -2.08. The quantitative estimate of drug-likeness (QED) is 0.750. The summed E-state index contributed by atoms with van der Waals surface area (Å²) in [5, 5.41) is 3.56. The first-order valence-electron chi connectivity index (χ1n) is 7.09. The van der Waals surface area contributed by atoms with E-state index >= 15 is 0 Å². The van der Waals surface area contributed by atoms with Crippen molar-refractivity contribution in [1.82, 2.24) is 9.38 Å². The molecule has 6 heteroatoms. The van der Waals surface area contributed by atoms with Gasteiger partial charge in [-0.1, -0.05) is 23.7 Å². The third-order valence-electron chi connectivity index (χ3n) is 3.47. The molecule has 0 spiro atoms. The third kappa shape index (κ3) is 2.96. The summed E-state index contributed by atoms with van der Waals surface area (Å²) in [6.07, 6.45) is 3.22. The standard InChI is InChI=1S/C17H15ClN4O/c1-11-5-4-8-22-16(11)21-15(19-2)14(17(22)23)10-20-13-7-3-6-12(18)9-13/h3-10,19H,1-2H3. The summed E-state index contributed by atoms with van der Waals surface area (Å²) >= 11 is 5.95. The first kappa shape index (κ1) is 15.2. The number of aliphatic imine (C=N–C) groups is 1. The molecule has 0 aliphatic heterocycles. The lowest BCUT2D eigenvalue weighted by Crippen LogP contribution is -2.22. The van der Waals surface area contributed by atoms with E-state index in [2.05, 4.69) is 15.3 Å². The molecule has 0 atom stereocenters. The Bertz CT molecular complexity index is 962. The second kappa shape index (κ2) is 6.22.